The van der Waals surface area contributed by atoms with Crippen molar-refractivity contribution in [1.82, 2.24) is 15.1 Å². The number of rotatable bonds is 15. The highest BCUT2D eigenvalue weighted by Crippen LogP contribution is 2.31. The van der Waals surface area contributed by atoms with Gasteiger partial charge in [0.05, 0.1) is 26.4 Å². The normalized spacial score (nSPS) is 12.9. The Morgan fingerprint density at radius 2 is 1.68 bits per heavy atom. The van der Waals surface area contributed by atoms with Gasteiger partial charge in [0.2, 0.25) is 0 Å². The van der Waals surface area contributed by atoms with E-state index in [0.717, 1.165) is 38.3 Å². The van der Waals surface area contributed by atoms with Crippen molar-refractivity contribution in [3.63, 3.8) is 0 Å². The zero-order valence-electron chi connectivity index (χ0n) is 24.3. The Balaban J connectivity index is 1.91. The summed E-state index contributed by atoms with van der Waals surface area (Å²) in [6, 6.07) is 9.77. The van der Waals surface area contributed by atoms with E-state index < -0.39 is 0 Å². The van der Waals surface area contributed by atoms with Gasteiger partial charge < -0.3 is 24.4 Å². The summed E-state index contributed by atoms with van der Waals surface area (Å²) in [6.07, 6.45) is 2.19. The minimum absolute atomic E-state index is 0.147. The van der Waals surface area contributed by atoms with Gasteiger partial charge in [0, 0.05) is 25.2 Å². The van der Waals surface area contributed by atoms with Crippen LogP contribution < -0.4 is 19.5 Å². The fourth-order valence-electron chi connectivity index (χ4n) is 4.44. The summed E-state index contributed by atoms with van der Waals surface area (Å²) in [5.74, 6) is 2.26. The van der Waals surface area contributed by atoms with E-state index >= 15 is 0 Å². The van der Waals surface area contributed by atoms with Crippen molar-refractivity contribution in [2.24, 2.45) is 5.92 Å². The van der Waals surface area contributed by atoms with Crippen molar-refractivity contribution in [3.05, 3.63) is 52.6 Å². The molecule has 0 fully saturated rings. The molecule has 1 N–H and O–H groups in total. The zero-order valence-corrected chi connectivity index (χ0v) is 24.3. The molecule has 7 nitrogen and oxygen atoms in total. The van der Waals surface area contributed by atoms with Gasteiger partial charge in [0.25, 0.3) is 5.91 Å². The van der Waals surface area contributed by atoms with Crippen LogP contribution in [0.15, 0.2) is 30.3 Å². The van der Waals surface area contributed by atoms with Crippen LogP contribution in [0.5, 0.6) is 17.2 Å². The number of amides is 1. The fraction of sp³-hybridized carbons (Fsp3) is 0.567. The first-order chi connectivity index (χ1) is 17.6. The van der Waals surface area contributed by atoms with E-state index in [-0.39, 0.29) is 17.9 Å². The molecule has 2 unspecified atom stereocenters. The maximum absolute atomic E-state index is 12.8. The number of unbranched alkanes of at least 4 members (excludes halogenated alkanes) is 1. The lowest BCUT2D eigenvalue weighted by molar-refractivity contribution is 0.0940. The van der Waals surface area contributed by atoms with Crippen LogP contribution in [0.25, 0.3) is 0 Å². The van der Waals surface area contributed by atoms with Gasteiger partial charge in [-0.15, -0.1) is 0 Å². The Morgan fingerprint density at radius 1 is 0.946 bits per heavy atom. The first-order valence-electron chi connectivity index (χ1n) is 13.2. The Labute approximate surface area is 224 Å². The lowest BCUT2D eigenvalue weighted by atomic mass is 9.96. The predicted octanol–water partition coefficient (Wildman–Crippen LogP) is 5.10. The maximum atomic E-state index is 12.8. The van der Waals surface area contributed by atoms with Crippen molar-refractivity contribution in [3.8, 4) is 17.2 Å². The second kappa shape index (κ2) is 14.8. The Hall–Kier alpha value is -2.77. The fourth-order valence-corrected chi connectivity index (χ4v) is 4.44. The number of ether oxygens (including phenoxy) is 3. The quantitative estimate of drug-likeness (QED) is 0.334. The Morgan fingerprint density at radius 3 is 2.32 bits per heavy atom. The predicted molar refractivity (Wildman–Crippen MR) is 151 cm³/mol. The minimum atomic E-state index is -0.147. The number of carbonyl (C=O) groups excluding carboxylic acids is 1. The summed E-state index contributed by atoms with van der Waals surface area (Å²) in [6.45, 7) is 12.0. The lowest BCUT2D eigenvalue weighted by Crippen LogP contribution is -2.35. The number of hydrogen-bond acceptors (Lipinski definition) is 6. The molecule has 0 aliphatic rings. The van der Waals surface area contributed by atoms with Crippen LogP contribution in [0.1, 0.15) is 59.8 Å². The van der Waals surface area contributed by atoms with Crippen molar-refractivity contribution >= 4 is 5.91 Å². The third kappa shape index (κ3) is 8.93. The topological polar surface area (TPSA) is 63.3 Å². The molecule has 2 rings (SSSR count). The third-order valence-electron chi connectivity index (χ3n) is 7.01. The molecule has 1 amide bonds. The monoisotopic (exact) mass is 513 g/mol. The van der Waals surface area contributed by atoms with Crippen molar-refractivity contribution in [2.45, 2.75) is 46.6 Å². The summed E-state index contributed by atoms with van der Waals surface area (Å²) in [5.41, 5.74) is 4.29. The van der Waals surface area contributed by atoms with Crippen LogP contribution in [-0.4, -0.2) is 77.3 Å². The molecule has 0 saturated carbocycles. The number of benzene rings is 2. The smallest absolute Gasteiger partial charge is 0.255 e. The maximum Gasteiger partial charge on any atom is 0.255 e. The lowest BCUT2D eigenvalue weighted by Gasteiger charge is -2.30. The molecule has 0 aromatic heterocycles. The van der Waals surface area contributed by atoms with Gasteiger partial charge in [-0.1, -0.05) is 13.0 Å². The number of hydrogen-bond donors (Lipinski definition) is 1. The molecule has 0 saturated heterocycles. The minimum Gasteiger partial charge on any atom is -0.497 e. The van der Waals surface area contributed by atoms with Crippen LogP contribution in [0.3, 0.4) is 0 Å². The Bertz CT molecular complexity index is 1010. The second-order valence-electron chi connectivity index (χ2n) is 10.3. The highest BCUT2D eigenvalue weighted by molar-refractivity contribution is 5.97. The van der Waals surface area contributed by atoms with Crippen LogP contribution in [0.4, 0.5) is 0 Å². The molecule has 0 aliphatic carbocycles. The van der Waals surface area contributed by atoms with E-state index in [1.165, 1.54) is 16.7 Å². The van der Waals surface area contributed by atoms with Crippen LogP contribution in [-0.2, 0) is 0 Å². The molecule has 7 heteroatoms. The summed E-state index contributed by atoms with van der Waals surface area (Å²) >= 11 is 0. The van der Waals surface area contributed by atoms with Gasteiger partial charge >= 0.3 is 0 Å². The average Bonchev–Trinajstić information content (AvgIpc) is 2.88. The van der Waals surface area contributed by atoms with Crippen molar-refractivity contribution in [2.75, 3.05) is 61.6 Å². The summed E-state index contributed by atoms with van der Waals surface area (Å²) in [5, 5.41) is 3.05. The van der Waals surface area contributed by atoms with Gasteiger partial charge in [0.1, 0.15) is 17.2 Å². The average molecular weight is 514 g/mol. The molecule has 0 heterocycles. The van der Waals surface area contributed by atoms with Crippen molar-refractivity contribution in [1.29, 1.82) is 0 Å². The molecule has 0 aliphatic heterocycles. The first-order valence-corrected chi connectivity index (χ1v) is 13.2. The molecule has 37 heavy (non-hydrogen) atoms. The molecule has 2 aromatic rings. The molecule has 2 atom stereocenters. The molecule has 0 bridgehead atoms. The second-order valence-corrected chi connectivity index (χ2v) is 10.3. The van der Waals surface area contributed by atoms with E-state index in [9.17, 15) is 4.79 Å². The molecular formula is C30H47N3O4. The molecular weight excluding hydrogens is 466 g/mol. The summed E-state index contributed by atoms with van der Waals surface area (Å²) in [4.78, 5) is 17.3. The zero-order chi connectivity index (χ0) is 27.5. The van der Waals surface area contributed by atoms with E-state index in [0.29, 0.717) is 23.6 Å². The largest absolute Gasteiger partial charge is 0.497 e. The highest BCUT2D eigenvalue weighted by Gasteiger charge is 2.20. The molecule has 2 aromatic carbocycles. The Kier molecular flexibility index (Phi) is 12.2. The SMILES string of the molecule is COc1ccc(C(=O)NCC(C)CN(C)C(C)c2ccc(OCCCCN(C)C)c(C)c2C)c(OC)c1. The van der Waals surface area contributed by atoms with Gasteiger partial charge in [-0.3, -0.25) is 9.69 Å². The van der Waals surface area contributed by atoms with E-state index in [4.69, 9.17) is 14.2 Å². The van der Waals surface area contributed by atoms with Crippen LogP contribution in [0.2, 0.25) is 0 Å². The van der Waals surface area contributed by atoms with Crippen LogP contribution >= 0.6 is 0 Å². The standard InChI is InChI=1S/C30H47N3O4/c1-21(19-31-30(34)27-13-12-25(35-8)18-29(27)36-9)20-33(7)24(4)26-14-15-28(23(3)22(26)2)37-17-11-10-16-32(5)6/h12-15,18,21,24H,10-11,16-17,19-20H2,1-9H3,(H,31,34). The summed E-state index contributed by atoms with van der Waals surface area (Å²) < 4.78 is 16.7. The van der Waals surface area contributed by atoms with Gasteiger partial charge in [-0.05, 0) is 102 Å². The number of nitrogens with zero attached hydrogens (tertiary/aromatic N) is 2. The molecule has 206 valence electrons. The number of nitrogens with one attached hydrogen (secondary N) is 1. The summed E-state index contributed by atoms with van der Waals surface area (Å²) in [7, 11) is 9.48. The molecule has 0 spiro atoms. The van der Waals surface area contributed by atoms with E-state index in [2.05, 4.69) is 76.1 Å². The number of carbonyl (C=O) groups is 1. The van der Waals surface area contributed by atoms with E-state index in [1.807, 2.05) is 0 Å². The first kappa shape index (κ1) is 30.5. The van der Waals surface area contributed by atoms with E-state index in [1.54, 1.807) is 32.4 Å². The van der Waals surface area contributed by atoms with Crippen molar-refractivity contribution < 1.29 is 19.0 Å². The highest BCUT2D eigenvalue weighted by atomic mass is 16.5. The van der Waals surface area contributed by atoms with Gasteiger partial charge in [0.15, 0.2) is 0 Å². The van der Waals surface area contributed by atoms with Gasteiger partial charge in [-0.25, -0.2) is 0 Å². The van der Waals surface area contributed by atoms with Crippen LogP contribution in [0, 0.1) is 19.8 Å². The molecule has 0 radical (unpaired) electrons. The third-order valence-corrected chi connectivity index (χ3v) is 7.01. The van der Waals surface area contributed by atoms with Gasteiger partial charge in [-0.2, -0.15) is 0 Å². The number of methoxy groups -OCH3 is 2.